The summed E-state index contributed by atoms with van der Waals surface area (Å²) in [4.78, 5) is 7.21. The molecular weight excluding hydrogens is 220 g/mol. The summed E-state index contributed by atoms with van der Waals surface area (Å²) in [5.41, 5.74) is 2.05. The van der Waals surface area contributed by atoms with Crippen LogP contribution in [0.5, 0.6) is 0 Å². The van der Waals surface area contributed by atoms with Crippen molar-refractivity contribution < 1.29 is 10.2 Å². The highest BCUT2D eigenvalue weighted by molar-refractivity contribution is 5.78. The molecule has 0 amide bonds. The van der Waals surface area contributed by atoms with E-state index in [1.54, 1.807) is 18.2 Å². The number of nitrogens with one attached hydrogen (secondary N) is 2. The minimum atomic E-state index is -0.821. The maximum Gasteiger partial charge on any atom is 0.201 e. The van der Waals surface area contributed by atoms with E-state index in [1.807, 2.05) is 6.07 Å². The Morgan fingerprint density at radius 1 is 1.53 bits per heavy atom. The van der Waals surface area contributed by atoms with Crippen LogP contribution in [0.2, 0.25) is 0 Å². The van der Waals surface area contributed by atoms with Crippen molar-refractivity contribution in [1.82, 2.24) is 9.97 Å². The van der Waals surface area contributed by atoms with Crippen LogP contribution in [0.15, 0.2) is 18.2 Å². The van der Waals surface area contributed by atoms with Gasteiger partial charge in [-0.05, 0) is 18.2 Å². The summed E-state index contributed by atoms with van der Waals surface area (Å²) in [6.07, 6.45) is -0.821. The first kappa shape index (κ1) is 11.4. The SMILES string of the molecule is N#Cc1ccc2nc(NCC(O)CO)[nH]c2c1. The predicted octanol–water partition coefficient (Wildman–Crippen LogP) is 0.200. The van der Waals surface area contributed by atoms with Gasteiger partial charge in [-0.3, -0.25) is 0 Å². The van der Waals surface area contributed by atoms with Gasteiger partial charge >= 0.3 is 0 Å². The van der Waals surface area contributed by atoms with Crippen LogP contribution in [-0.2, 0) is 0 Å². The van der Waals surface area contributed by atoms with E-state index >= 15 is 0 Å². The van der Waals surface area contributed by atoms with Gasteiger partial charge in [0.05, 0.1) is 35.4 Å². The number of H-pyrrole nitrogens is 1. The van der Waals surface area contributed by atoms with Crippen LogP contribution in [0.4, 0.5) is 5.95 Å². The number of anilines is 1. The smallest absolute Gasteiger partial charge is 0.201 e. The van der Waals surface area contributed by atoms with Gasteiger partial charge in [-0.15, -0.1) is 0 Å². The van der Waals surface area contributed by atoms with Crippen LogP contribution >= 0.6 is 0 Å². The molecule has 0 bridgehead atoms. The molecule has 1 atom stereocenters. The van der Waals surface area contributed by atoms with Gasteiger partial charge in [-0.2, -0.15) is 5.26 Å². The van der Waals surface area contributed by atoms with Gasteiger partial charge in [-0.1, -0.05) is 0 Å². The standard InChI is InChI=1S/C11H12N4O2/c12-4-7-1-2-9-10(3-7)15-11(14-9)13-5-8(17)6-16/h1-3,8,16-17H,5-6H2,(H2,13,14,15). The zero-order valence-electron chi connectivity index (χ0n) is 9.01. The Bertz CT molecular complexity index is 558. The number of aromatic amines is 1. The van der Waals surface area contributed by atoms with Crippen LogP contribution in [0.25, 0.3) is 11.0 Å². The lowest BCUT2D eigenvalue weighted by atomic mass is 10.2. The van der Waals surface area contributed by atoms with E-state index in [0.29, 0.717) is 11.5 Å². The lowest BCUT2D eigenvalue weighted by Gasteiger charge is -2.06. The van der Waals surface area contributed by atoms with E-state index in [9.17, 15) is 5.11 Å². The Morgan fingerprint density at radius 3 is 3.06 bits per heavy atom. The third-order valence-electron chi connectivity index (χ3n) is 2.33. The summed E-state index contributed by atoms with van der Waals surface area (Å²) in [7, 11) is 0. The molecular formula is C11H12N4O2. The van der Waals surface area contributed by atoms with Crippen molar-refractivity contribution in [3.63, 3.8) is 0 Å². The minimum absolute atomic E-state index is 0.210. The van der Waals surface area contributed by atoms with E-state index in [2.05, 4.69) is 15.3 Å². The fraction of sp³-hybridized carbons (Fsp3) is 0.273. The van der Waals surface area contributed by atoms with E-state index in [4.69, 9.17) is 10.4 Å². The van der Waals surface area contributed by atoms with E-state index in [-0.39, 0.29) is 13.2 Å². The van der Waals surface area contributed by atoms with E-state index in [0.717, 1.165) is 11.0 Å². The molecule has 0 aliphatic heterocycles. The molecule has 2 aromatic rings. The van der Waals surface area contributed by atoms with Crippen molar-refractivity contribution in [3.05, 3.63) is 23.8 Å². The van der Waals surface area contributed by atoms with Crippen molar-refractivity contribution in [2.24, 2.45) is 0 Å². The molecule has 0 spiro atoms. The van der Waals surface area contributed by atoms with Gasteiger partial charge in [-0.25, -0.2) is 4.98 Å². The Morgan fingerprint density at radius 2 is 2.35 bits per heavy atom. The number of nitrogens with zero attached hydrogens (tertiary/aromatic N) is 2. The number of hydrogen-bond acceptors (Lipinski definition) is 5. The topological polar surface area (TPSA) is 105 Å². The van der Waals surface area contributed by atoms with Crippen LogP contribution in [0.3, 0.4) is 0 Å². The van der Waals surface area contributed by atoms with Gasteiger partial charge < -0.3 is 20.5 Å². The van der Waals surface area contributed by atoms with E-state index < -0.39 is 6.10 Å². The average molecular weight is 232 g/mol. The molecule has 1 heterocycles. The molecule has 0 saturated heterocycles. The molecule has 88 valence electrons. The Kier molecular flexibility index (Phi) is 3.23. The van der Waals surface area contributed by atoms with Crippen LogP contribution in [0, 0.1) is 11.3 Å². The zero-order chi connectivity index (χ0) is 12.3. The molecule has 0 fully saturated rings. The molecule has 0 aliphatic carbocycles. The molecule has 0 saturated carbocycles. The van der Waals surface area contributed by atoms with Crippen molar-refractivity contribution >= 4 is 17.0 Å². The molecule has 1 unspecified atom stereocenters. The number of nitriles is 1. The fourth-order valence-electron chi connectivity index (χ4n) is 1.44. The van der Waals surface area contributed by atoms with Gasteiger partial charge in [0.15, 0.2) is 0 Å². The summed E-state index contributed by atoms with van der Waals surface area (Å²) in [5.74, 6) is 0.502. The Hall–Kier alpha value is -2.10. The number of hydrogen-bond donors (Lipinski definition) is 4. The van der Waals surface area contributed by atoms with Gasteiger partial charge in [0.2, 0.25) is 5.95 Å². The number of aliphatic hydroxyl groups excluding tert-OH is 2. The largest absolute Gasteiger partial charge is 0.394 e. The third kappa shape index (κ3) is 2.53. The maximum atomic E-state index is 9.18. The number of benzene rings is 1. The summed E-state index contributed by atoms with van der Waals surface area (Å²) in [6, 6.07) is 7.19. The van der Waals surface area contributed by atoms with Gasteiger partial charge in [0, 0.05) is 6.54 Å². The Labute approximate surface area is 97.5 Å². The number of aromatic nitrogens is 2. The second-order valence-electron chi connectivity index (χ2n) is 3.65. The molecule has 0 radical (unpaired) electrons. The summed E-state index contributed by atoms with van der Waals surface area (Å²) in [5, 5.41) is 29.5. The van der Waals surface area contributed by atoms with Crippen molar-refractivity contribution in [2.45, 2.75) is 6.10 Å². The number of imidazole rings is 1. The molecule has 4 N–H and O–H groups in total. The maximum absolute atomic E-state index is 9.18. The van der Waals surface area contributed by atoms with Crippen LogP contribution < -0.4 is 5.32 Å². The third-order valence-corrected chi connectivity index (χ3v) is 2.33. The first-order valence-electron chi connectivity index (χ1n) is 5.15. The monoisotopic (exact) mass is 232 g/mol. The molecule has 6 heteroatoms. The molecule has 6 nitrogen and oxygen atoms in total. The van der Waals surface area contributed by atoms with Gasteiger partial charge in [0.1, 0.15) is 0 Å². The predicted molar refractivity (Wildman–Crippen MR) is 62.4 cm³/mol. The summed E-state index contributed by atoms with van der Waals surface area (Å²) in [6.45, 7) is -0.0900. The van der Waals surface area contributed by atoms with Crippen LogP contribution in [-0.4, -0.2) is 39.4 Å². The van der Waals surface area contributed by atoms with Crippen molar-refractivity contribution in [2.75, 3.05) is 18.5 Å². The zero-order valence-corrected chi connectivity index (χ0v) is 9.01. The quantitative estimate of drug-likeness (QED) is 0.602. The fourth-order valence-corrected chi connectivity index (χ4v) is 1.44. The normalized spacial score (nSPS) is 12.3. The van der Waals surface area contributed by atoms with Crippen LogP contribution in [0.1, 0.15) is 5.56 Å². The second kappa shape index (κ2) is 4.82. The molecule has 17 heavy (non-hydrogen) atoms. The summed E-state index contributed by atoms with van der Waals surface area (Å²) < 4.78 is 0. The molecule has 0 aliphatic rings. The lowest BCUT2D eigenvalue weighted by molar-refractivity contribution is 0.105. The first-order chi connectivity index (χ1) is 8.22. The highest BCUT2D eigenvalue weighted by Crippen LogP contribution is 2.15. The van der Waals surface area contributed by atoms with E-state index in [1.165, 1.54) is 0 Å². The minimum Gasteiger partial charge on any atom is -0.394 e. The second-order valence-corrected chi connectivity index (χ2v) is 3.65. The molecule has 2 rings (SSSR count). The van der Waals surface area contributed by atoms with Crippen molar-refractivity contribution in [1.29, 1.82) is 5.26 Å². The first-order valence-corrected chi connectivity index (χ1v) is 5.15. The van der Waals surface area contributed by atoms with Crippen molar-refractivity contribution in [3.8, 4) is 6.07 Å². The highest BCUT2D eigenvalue weighted by Gasteiger charge is 2.05. The highest BCUT2D eigenvalue weighted by atomic mass is 16.3. The Balaban J connectivity index is 2.17. The lowest BCUT2D eigenvalue weighted by Crippen LogP contribution is -2.23. The number of rotatable bonds is 4. The average Bonchev–Trinajstić information content (AvgIpc) is 2.77. The van der Waals surface area contributed by atoms with Gasteiger partial charge in [0.25, 0.3) is 0 Å². The number of fused-ring (bicyclic) bond motifs is 1. The molecule has 1 aromatic carbocycles. The summed E-state index contributed by atoms with van der Waals surface area (Å²) >= 11 is 0. The number of aliphatic hydroxyl groups is 2. The molecule has 1 aromatic heterocycles.